The summed E-state index contributed by atoms with van der Waals surface area (Å²) in [5, 5.41) is 5.46. The number of methoxy groups -OCH3 is 1. The smallest absolute Gasteiger partial charge is 0.134 e. The summed E-state index contributed by atoms with van der Waals surface area (Å²) < 4.78 is 12.2. The van der Waals surface area contributed by atoms with Gasteiger partial charge in [-0.25, -0.2) is 0 Å². The van der Waals surface area contributed by atoms with Crippen molar-refractivity contribution in [1.29, 1.82) is 0 Å². The quantitative estimate of drug-likeness (QED) is 0.885. The maximum atomic E-state index is 6.00. The number of rotatable bonds is 6. The Kier molecular flexibility index (Phi) is 5.19. The van der Waals surface area contributed by atoms with Gasteiger partial charge in [0.05, 0.1) is 11.1 Å². The number of hydrogen-bond acceptors (Lipinski definition) is 3. The standard InChI is InChI=1S/C15H18BrNO2/c1-17-9-12(10-18-2)19-14-8-7-11-5-3-4-6-13(11)15(14)16/h3-8,12,17H,9-10H2,1-2H3. The highest BCUT2D eigenvalue weighted by Gasteiger charge is 2.13. The molecule has 102 valence electrons. The van der Waals surface area contributed by atoms with Gasteiger partial charge in [0.2, 0.25) is 0 Å². The summed E-state index contributed by atoms with van der Waals surface area (Å²) in [5.41, 5.74) is 0. The fourth-order valence-electron chi connectivity index (χ4n) is 2.03. The molecule has 19 heavy (non-hydrogen) atoms. The van der Waals surface area contributed by atoms with Crippen molar-refractivity contribution >= 4 is 26.7 Å². The zero-order chi connectivity index (χ0) is 13.7. The van der Waals surface area contributed by atoms with E-state index in [0.717, 1.165) is 22.2 Å². The molecule has 0 spiro atoms. The molecule has 0 aliphatic carbocycles. The van der Waals surface area contributed by atoms with Crippen molar-refractivity contribution < 1.29 is 9.47 Å². The first-order chi connectivity index (χ1) is 9.26. The van der Waals surface area contributed by atoms with E-state index in [2.05, 4.69) is 39.4 Å². The summed E-state index contributed by atoms with van der Waals surface area (Å²) in [4.78, 5) is 0. The molecule has 1 N–H and O–H groups in total. The molecule has 2 rings (SSSR count). The molecular formula is C15H18BrNO2. The first kappa shape index (κ1) is 14.3. The van der Waals surface area contributed by atoms with E-state index in [4.69, 9.17) is 9.47 Å². The second-order valence-electron chi connectivity index (χ2n) is 4.35. The molecule has 0 bridgehead atoms. The number of benzene rings is 2. The van der Waals surface area contributed by atoms with Gasteiger partial charge >= 0.3 is 0 Å². The number of halogens is 1. The minimum absolute atomic E-state index is 0.00698. The fraction of sp³-hybridized carbons (Fsp3) is 0.333. The van der Waals surface area contributed by atoms with Crippen LogP contribution < -0.4 is 10.1 Å². The largest absolute Gasteiger partial charge is 0.485 e. The molecule has 0 aromatic heterocycles. The Labute approximate surface area is 122 Å². The van der Waals surface area contributed by atoms with Crippen molar-refractivity contribution in [2.75, 3.05) is 27.3 Å². The molecule has 4 heteroatoms. The highest BCUT2D eigenvalue weighted by atomic mass is 79.9. The molecule has 0 radical (unpaired) electrons. The van der Waals surface area contributed by atoms with Crippen LogP contribution in [-0.4, -0.2) is 33.4 Å². The van der Waals surface area contributed by atoms with Gasteiger partial charge in [0.1, 0.15) is 11.9 Å². The fourth-order valence-corrected chi connectivity index (χ4v) is 2.62. The van der Waals surface area contributed by atoms with E-state index in [0.29, 0.717) is 6.61 Å². The third-order valence-electron chi connectivity index (χ3n) is 2.91. The molecule has 0 amide bonds. The summed E-state index contributed by atoms with van der Waals surface area (Å²) in [6.07, 6.45) is -0.00698. The molecule has 0 saturated heterocycles. The van der Waals surface area contributed by atoms with Crippen molar-refractivity contribution in [2.24, 2.45) is 0 Å². The summed E-state index contributed by atoms with van der Waals surface area (Å²) in [5.74, 6) is 0.844. The minimum atomic E-state index is -0.00698. The second-order valence-corrected chi connectivity index (χ2v) is 5.14. The van der Waals surface area contributed by atoms with Crippen molar-refractivity contribution in [1.82, 2.24) is 5.32 Å². The van der Waals surface area contributed by atoms with Crippen LogP contribution in [0.1, 0.15) is 0 Å². The average molecular weight is 324 g/mol. The number of hydrogen-bond donors (Lipinski definition) is 1. The van der Waals surface area contributed by atoms with E-state index >= 15 is 0 Å². The van der Waals surface area contributed by atoms with E-state index in [1.807, 2.05) is 25.2 Å². The van der Waals surface area contributed by atoms with Crippen LogP contribution in [0.25, 0.3) is 10.8 Å². The van der Waals surface area contributed by atoms with Crippen molar-refractivity contribution in [2.45, 2.75) is 6.10 Å². The lowest BCUT2D eigenvalue weighted by Crippen LogP contribution is -2.33. The van der Waals surface area contributed by atoms with Crippen molar-refractivity contribution in [3.05, 3.63) is 40.9 Å². The molecule has 0 saturated carbocycles. The maximum Gasteiger partial charge on any atom is 0.134 e. The van der Waals surface area contributed by atoms with Gasteiger partial charge in [-0.1, -0.05) is 30.3 Å². The predicted octanol–water partition coefficient (Wildman–Crippen LogP) is 3.22. The summed E-state index contributed by atoms with van der Waals surface area (Å²) >= 11 is 3.63. The molecule has 2 aromatic carbocycles. The van der Waals surface area contributed by atoms with Crippen LogP contribution >= 0.6 is 15.9 Å². The van der Waals surface area contributed by atoms with Gasteiger partial charge in [0.15, 0.2) is 0 Å². The Morgan fingerprint density at radius 1 is 1.21 bits per heavy atom. The zero-order valence-electron chi connectivity index (χ0n) is 11.2. The van der Waals surface area contributed by atoms with E-state index in [1.165, 1.54) is 5.39 Å². The molecule has 3 nitrogen and oxygen atoms in total. The lowest BCUT2D eigenvalue weighted by molar-refractivity contribution is 0.0815. The number of fused-ring (bicyclic) bond motifs is 1. The summed E-state index contributed by atoms with van der Waals surface area (Å²) in [7, 11) is 3.59. The van der Waals surface area contributed by atoms with Crippen LogP contribution in [0.5, 0.6) is 5.75 Å². The monoisotopic (exact) mass is 323 g/mol. The SMILES string of the molecule is CNCC(COC)Oc1ccc2ccccc2c1Br. The van der Waals surface area contributed by atoms with E-state index in [9.17, 15) is 0 Å². The third-order valence-corrected chi connectivity index (χ3v) is 3.72. The lowest BCUT2D eigenvalue weighted by atomic mass is 10.1. The van der Waals surface area contributed by atoms with E-state index < -0.39 is 0 Å². The number of nitrogens with one attached hydrogen (secondary N) is 1. The Morgan fingerprint density at radius 2 is 2.00 bits per heavy atom. The average Bonchev–Trinajstić information content (AvgIpc) is 2.43. The van der Waals surface area contributed by atoms with Crippen LogP contribution in [-0.2, 0) is 4.74 Å². The molecule has 0 aliphatic heterocycles. The van der Waals surface area contributed by atoms with Crippen molar-refractivity contribution in [3.63, 3.8) is 0 Å². The molecule has 0 fully saturated rings. The first-order valence-electron chi connectivity index (χ1n) is 6.23. The molecule has 2 aromatic rings. The third kappa shape index (κ3) is 3.47. The minimum Gasteiger partial charge on any atom is -0.485 e. The maximum absolute atomic E-state index is 6.00. The first-order valence-corrected chi connectivity index (χ1v) is 7.03. The topological polar surface area (TPSA) is 30.5 Å². The Bertz CT molecular complexity index is 539. The van der Waals surface area contributed by atoms with Gasteiger partial charge < -0.3 is 14.8 Å². The van der Waals surface area contributed by atoms with Crippen LogP contribution in [0.3, 0.4) is 0 Å². The van der Waals surface area contributed by atoms with Crippen LogP contribution in [0.2, 0.25) is 0 Å². The summed E-state index contributed by atoms with van der Waals surface area (Å²) in [6, 6.07) is 12.3. The number of ether oxygens (including phenoxy) is 2. The van der Waals surface area contributed by atoms with E-state index in [1.54, 1.807) is 7.11 Å². The van der Waals surface area contributed by atoms with Gasteiger partial charge in [0.25, 0.3) is 0 Å². The summed E-state index contributed by atoms with van der Waals surface area (Å²) in [6.45, 7) is 1.30. The van der Waals surface area contributed by atoms with Gasteiger partial charge in [0, 0.05) is 13.7 Å². The predicted molar refractivity (Wildman–Crippen MR) is 81.9 cm³/mol. The normalized spacial score (nSPS) is 12.6. The molecule has 0 heterocycles. The lowest BCUT2D eigenvalue weighted by Gasteiger charge is -2.19. The van der Waals surface area contributed by atoms with Gasteiger partial charge in [-0.05, 0) is 39.8 Å². The molecule has 0 aliphatic rings. The second kappa shape index (κ2) is 6.89. The van der Waals surface area contributed by atoms with E-state index in [-0.39, 0.29) is 6.10 Å². The van der Waals surface area contributed by atoms with Gasteiger partial charge in [-0.15, -0.1) is 0 Å². The Morgan fingerprint density at radius 3 is 2.74 bits per heavy atom. The molecule has 1 atom stereocenters. The van der Waals surface area contributed by atoms with Gasteiger partial charge in [-0.3, -0.25) is 0 Å². The highest BCUT2D eigenvalue weighted by Crippen LogP contribution is 2.33. The van der Waals surface area contributed by atoms with Gasteiger partial charge in [-0.2, -0.15) is 0 Å². The zero-order valence-corrected chi connectivity index (χ0v) is 12.7. The Hall–Kier alpha value is -1.10. The van der Waals surface area contributed by atoms with Crippen LogP contribution in [0.4, 0.5) is 0 Å². The Balaban J connectivity index is 2.26. The van der Waals surface area contributed by atoms with Crippen LogP contribution in [0, 0.1) is 0 Å². The van der Waals surface area contributed by atoms with Crippen LogP contribution in [0.15, 0.2) is 40.9 Å². The molecule has 1 unspecified atom stereocenters. The highest BCUT2D eigenvalue weighted by molar-refractivity contribution is 9.10. The number of likely N-dealkylation sites (N-methyl/N-ethyl adjacent to an activating group) is 1. The van der Waals surface area contributed by atoms with Crippen molar-refractivity contribution in [3.8, 4) is 5.75 Å². The molecular weight excluding hydrogens is 306 g/mol.